The molecule has 0 spiro atoms. The van der Waals surface area contributed by atoms with E-state index in [0.717, 1.165) is 26.2 Å². The fourth-order valence-corrected chi connectivity index (χ4v) is 3.49. The molecule has 0 saturated carbocycles. The number of para-hydroxylation sites is 1. The maximum atomic E-state index is 12.4. The minimum Gasteiger partial charge on any atom is -0.368 e. The number of nitrogens with one attached hydrogen (secondary N) is 1. The summed E-state index contributed by atoms with van der Waals surface area (Å²) in [6.45, 7) is 4.90. The predicted octanol–water partition coefficient (Wildman–Crippen LogP) is 2.27. The molecule has 1 aromatic heterocycles. The monoisotopic (exact) mass is 385 g/mol. The highest BCUT2D eigenvalue weighted by Gasteiger charge is 2.21. The molecular weight excluding hydrogens is 362 g/mol. The first-order chi connectivity index (χ1) is 13.2. The van der Waals surface area contributed by atoms with Crippen molar-refractivity contribution in [3.8, 4) is 0 Å². The van der Waals surface area contributed by atoms with Gasteiger partial charge in [0.2, 0.25) is 11.8 Å². The van der Waals surface area contributed by atoms with Crippen molar-refractivity contribution in [3.05, 3.63) is 42.5 Å². The van der Waals surface area contributed by atoms with Crippen LogP contribution in [0.5, 0.6) is 0 Å². The lowest BCUT2D eigenvalue weighted by Crippen LogP contribution is -2.49. The van der Waals surface area contributed by atoms with Crippen LogP contribution in [0.15, 0.2) is 47.5 Å². The SMILES string of the molecule is CCC(=O)Nc1ccc(SCC(=O)N2CCN(c3ccccc3)CC2)nn1. The largest absolute Gasteiger partial charge is 0.368 e. The highest BCUT2D eigenvalue weighted by atomic mass is 32.2. The highest BCUT2D eigenvalue weighted by molar-refractivity contribution is 7.99. The molecule has 0 radical (unpaired) electrons. The van der Waals surface area contributed by atoms with Gasteiger partial charge in [0.25, 0.3) is 0 Å². The number of amides is 2. The zero-order chi connectivity index (χ0) is 19.1. The summed E-state index contributed by atoms with van der Waals surface area (Å²) in [5, 5.41) is 11.3. The van der Waals surface area contributed by atoms with Gasteiger partial charge in [0.1, 0.15) is 5.03 Å². The lowest BCUT2D eigenvalue weighted by Gasteiger charge is -2.36. The second-order valence-electron chi connectivity index (χ2n) is 6.15. The Morgan fingerprint density at radius 2 is 1.78 bits per heavy atom. The van der Waals surface area contributed by atoms with E-state index in [9.17, 15) is 9.59 Å². The van der Waals surface area contributed by atoms with Gasteiger partial charge in [-0.25, -0.2) is 0 Å². The summed E-state index contributed by atoms with van der Waals surface area (Å²) in [7, 11) is 0. The number of benzene rings is 1. The van der Waals surface area contributed by atoms with E-state index in [-0.39, 0.29) is 11.8 Å². The normalized spacial score (nSPS) is 14.1. The van der Waals surface area contributed by atoms with Crippen LogP contribution in [0.3, 0.4) is 0 Å². The Kier molecular flexibility index (Phi) is 6.64. The van der Waals surface area contributed by atoms with Crippen molar-refractivity contribution >= 4 is 35.1 Å². The van der Waals surface area contributed by atoms with Crippen LogP contribution in [0.2, 0.25) is 0 Å². The third-order valence-electron chi connectivity index (χ3n) is 4.33. The first kappa shape index (κ1) is 19.2. The second-order valence-corrected chi connectivity index (χ2v) is 7.15. The van der Waals surface area contributed by atoms with Gasteiger partial charge in [-0.15, -0.1) is 10.2 Å². The van der Waals surface area contributed by atoms with Gasteiger partial charge in [0.05, 0.1) is 5.75 Å². The molecule has 8 heteroatoms. The molecule has 2 heterocycles. The average molecular weight is 385 g/mol. The van der Waals surface area contributed by atoms with Gasteiger partial charge in [-0.3, -0.25) is 9.59 Å². The van der Waals surface area contributed by atoms with Crippen molar-refractivity contribution in [3.63, 3.8) is 0 Å². The molecule has 2 aromatic rings. The summed E-state index contributed by atoms with van der Waals surface area (Å²) in [4.78, 5) is 28.0. The Morgan fingerprint density at radius 1 is 1.04 bits per heavy atom. The van der Waals surface area contributed by atoms with Crippen LogP contribution in [0.4, 0.5) is 11.5 Å². The smallest absolute Gasteiger partial charge is 0.233 e. The number of hydrogen-bond donors (Lipinski definition) is 1. The average Bonchev–Trinajstić information content (AvgIpc) is 2.73. The second kappa shape index (κ2) is 9.36. The quantitative estimate of drug-likeness (QED) is 0.769. The molecule has 3 rings (SSSR count). The number of rotatable bonds is 6. The van der Waals surface area contributed by atoms with Crippen molar-refractivity contribution in [1.29, 1.82) is 0 Å². The molecule has 0 atom stereocenters. The maximum absolute atomic E-state index is 12.4. The van der Waals surface area contributed by atoms with Crippen LogP contribution >= 0.6 is 11.8 Å². The Bertz CT molecular complexity index is 761. The van der Waals surface area contributed by atoms with Crippen molar-refractivity contribution in [2.75, 3.05) is 42.1 Å². The minimum atomic E-state index is -0.102. The number of nitrogens with zero attached hydrogens (tertiary/aromatic N) is 4. The summed E-state index contributed by atoms with van der Waals surface area (Å²) in [5.41, 5.74) is 1.20. The van der Waals surface area contributed by atoms with Crippen LogP contribution < -0.4 is 10.2 Å². The van der Waals surface area contributed by atoms with Crippen molar-refractivity contribution in [2.45, 2.75) is 18.4 Å². The van der Waals surface area contributed by atoms with Crippen LogP contribution in [-0.2, 0) is 9.59 Å². The molecule has 0 aliphatic carbocycles. The molecule has 1 N–H and O–H groups in total. The predicted molar refractivity (Wildman–Crippen MR) is 107 cm³/mol. The Balaban J connectivity index is 1.44. The van der Waals surface area contributed by atoms with E-state index in [1.165, 1.54) is 17.4 Å². The zero-order valence-electron chi connectivity index (χ0n) is 15.3. The molecule has 1 fully saturated rings. The van der Waals surface area contributed by atoms with Crippen molar-refractivity contribution < 1.29 is 9.59 Å². The third kappa shape index (κ3) is 5.43. The lowest BCUT2D eigenvalue weighted by atomic mass is 10.2. The summed E-state index contributed by atoms with van der Waals surface area (Å²) in [5.74, 6) is 0.766. The molecule has 0 bridgehead atoms. The molecule has 1 saturated heterocycles. The van der Waals surface area contributed by atoms with E-state index in [2.05, 4.69) is 32.5 Å². The van der Waals surface area contributed by atoms with E-state index in [1.54, 1.807) is 19.1 Å². The van der Waals surface area contributed by atoms with Crippen molar-refractivity contribution in [1.82, 2.24) is 15.1 Å². The van der Waals surface area contributed by atoms with Gasteiger partial charge in [-0.2, -0.15) is 0 Å². The molecule has 7 nitrogen and oxygen atoms in total. The molecule has 142 valence electrons. The Labute approximate surface area is 163 Å². The minimum absolute atomic E-state index is 0.102. The van der Waals surface area contributed by atoms with Gasteiger partial charge in [-0.05, 0) is 24.3 Å². The highest BCUT2D eigenvalue weighted by Crippen LogP contribution is 2.19. The number of hydrogen-bond acceptors (Lipinski definition) is 6. The number of carbonyl (C=O) groups is 2. The van der Waals surface area contributed by atoms with E-state index in [1.807, 2.05) is 23.1 Å². The van der Waals surface area contributed by atoms with Crippen molar-refractivity contribution in [2.24, 2.45) is 0 Å². The van der Waals surface area contributed by atoms with Gasteiger partial charge in [0.15, 0.2) is 5.82 Å². The van der Waals surface area contributed by atoms with Crippen LogP contribution in [0.1, 0.15) is 13.3 Å². The van der Waals surface area contributed by atoms with Crippen LogP contribution in [0.25, 0.3) is 0 Å². The number of carbonyl (C=O) groups excluding carboxylic acids is 2. The van der Waals surface area contributed by atoms with E-state index >= 15 is 0 Å². The fraction of sp³-hybridized carbons (Fsp3) is 0.368. The summed E-state index contributed by atoms with van der Waals surface area (Å²) in [6.07, 6.45) is 0.393. The Hall–Kier alpha value is -2.61. The zero-order valence-corrected chi connectivity index (χ0v) is 16.1. The van der Waals surface area contributed by atoms with Gasteiger partial charge in [-0.1, -0.05) is 36.9 Å². The first-order valence-corrected chi connectivity index (χ1v) is 9.98. The van der Waals surface area contributed by atoms with E-state index in [4.69, 9.17) is 0 Å². The molecule has 2 amide bonds. The topological polar surface area (TPSA) is 78.4 Å². The van der Waals surface area contributed by atoms with Gasteiger partial charge < -0.3 is 15.1 Å². The number of thioether (sulfide) groups is 1. The van der Waals surface area contributed by atoms with E-state index in [0.29, 0.717) is 23.0 Å². The molecule has 1 aliphatic rings. The summed E-state index contributed by atoms with van der Waals surface area (Å²) in [6, 6.07) is 13.7. The number of anilines is 2. The van der Waals surface area contributed by atoms with Gasteiger partial charge >= 0.3 is 0 Å². The number of aromatic nitrogens is 2. The fourth-order valence-electron chi connectivity index (χ4n) is 2.77. The Morgan fingerprint density at radius 3 is 2.41 bits per heavy atom. The standard InChI is InChI=1S/C19H23N5O2S/c1-2-17(25)20-16-8-9-18(22-21-16)27-14-19(26)24-12-10-23(11-13-24)15-6-4-3-5-7-15/h3-9H,2,10-14H2,1H3,(H,20,21,25). The third-order valence-corrected chi connectivity index (χ3v) is 5.23. The summed E-state index contributed by atoms with van der Waals surface area (Å²) >= 11 is 1.36. The molecular formula is C19H23N5O2S. The van der Waals surface area contributed by atoms with Gasteiger partial charge in [0, 0.05) is 38.3 Å². The molecule has 1 aromatic carbocycles. The van der Waals surface area contributed by atoms with Crippen LogP contribution in [0, 0.1) is 0 Å². The summed E-state index contributed by atoms with van der Waals surface area (Å²) < 4.78 is 0. The van der Waals surface area contributed by atoms with Crippen LogP contribution in [-0.4, -0.2) is 58.8 Å². The maximum Gasteiger partial charge on any atom is 0.233 e. The first-order valence-electron chi connectivity index (χ1n) is 9.00. The number of piperazine rings is 1. The molecule has 27 heavy (non-hydrogen) atoms. The molecule has 0 unspecified atom stereocenters. The molecule has 1 aliphatic heterocycles. The van der Waals surface area contributed by atoms with E-state index < -0.39 is 0 Å². The lowest BCUT2D eigenvalue weighted by molar-refractivity contribution is -0.128.